The Hall–Kier alpha value is -2.46. The molecule has 9 heteroatoms. The molecule has 1 heterocycles. The van der Waals surface area contributed by atoms with E-state index in [0.717, 1.165) is 45.4 Å². The number of hydrogen-bond acceptors (Lipinski definition) is 6. The van der Waals surface area contributed by atoms with E-state index in [4.69, 9.17) is 4.74 Å². The quantitative estimate of drug-likeness (QED) is 0.501. The van der Waals surface area contributed by atoms with Crippen LogP contribution in [0.15, 0.2) is 53.4 Å². The fourth-order valence-electron chi connectivity index (χ4n) is 4.31. The molecule has 1 saturated carbocycles. The van der Waals surface area contributed by atoms with E-state index in [1.165, 1.54) is 24.8 Å². The third kappa shape index (κ3) is 6.15. The summed E-state index contributed by atoms with van der Waals surface area (Å²) in [6.45, 7) is 4.38. The van der Waals surface area contributed by atoms with Gasteiger partial charge in [-0.3, -0.25) is 9.69 Å². The molecule has 2 aliphatic rings. The number of carbonyl (C=O) groups excluding carboxylic acids is 1. The Morgan fingerprint density at radius 1 is 1.12 bits per heavy atom. The second-order valence-electron chi connectivity index (χ2n) is 9.10. The normalized spacial score (nSPS) is 19.6. The molecular formula is C25H34N4O4S. The molecule has 0 bridgehead atoms. The van der Waals surface area contributed by atoms with Gasteiger partial charge in [0, 0.05) is 50.4 Å². The van der Waals surface area contributed by atoms with Gasteiger partial charge >= 0.3 is 0 Å². The minimum Gasteiger partial charge on any atom is -0.495 e. The summed E-state index contributed by atoms with van der Waals surface area (Å²) in [6, 6.07) is 15.4. The average molecular weight is 487 g/mol. The lowest BCUT2D eigenvalue weighted by atomic mass is 10.0. The summed E-state index contributed by atoms with van der Waals surface area (Å²) in [7, 11) is -0.165. The van der Waals surface area contributed by atoms with E-state index >= 15 is 0 Å². The standard InChI is InChI=1S/C25H34N4O4S/c1-28-15-16-29(22(18-28)19-7-4-3-5-8-19)14-6-13-26-25(30)20-9-12-23(33-2)24(17-20)34(31,32)27-21-10-11-21/h3-5,7-9,12,17,21-22,27H,6,10-11,13-16,18H2,1-2H3,(H,26,30)/t22-/m1/s1. The zero-order chi connectivity index (χ0) is 24.1. The van der Waals surface area contributed by atoms with Crippen molar-refractivity contribution in [3.8, 4) is 5.75 Å². The molecule has 1 saturated heterocycles. The maximum absolute atomic E-state index is 12.8. The van der Waals surface area contributed by atoms with Crippen molar-refractivity contribution in [2.24, 2.45) is 0 Å². The molecule has 184 valence electrons. The van der Waals surface area contributed by atoms with Crippen molar-refractivity contribution in [1.29, 1.82) is 0 Å². The highest BCUT2D eigenvalue weighted by atomic mass is 32.2. The van der Waals surface area contributed by atoms with Crippen LogP contribution in [0.3, 0.4) is 0 Å². The molecule has 34 heavy (non-hydrogen) atoms. The van der Waals surface area contributed by atoms with Crippen LogP contribution in [0.5, 0.6) is 5.75 Å². The smallest absolute Gasteiger partial charge is 0.251 e. The molecule has 2 aromatic carbocycles. The van der Waals surface area contributed by atoms with Crippen LogP contribution >= 0.6 is 0 Å². The Balaban J connectivity index is 1.34. The summed E-state index contributed by atoms with van der Waals surface area (Å²) < 4.78 is 33.3. The Kier molecular flexibility index (Phi) is 7.88. The van der Waals surface area contributed by atoms with Crippen molar-refractivity contribution >= 4 is 15.9 Å². The lowest BCUT2D eigenvalue weighted by molar-refractivity contribution is 0.0865. The molecule has 8 nitrogen and oxygen atoms in total. The van der Waals surface area contributed by atoms with Crippen molar-refractivity contribution in [2.45, 2.75) is 36.2 Å². The number of likely N-dealkylation sites (N-methyl/N-ethyl adjacent to an activating group) is 1. The SMILES string of the molecule is COc1ccc(C(=O)NCCCN2CCN(C)C[C@@H]2c2ccccc2)cc1S(=O)(=O)NC1CC1. The number of carbonyl (C=O) groups is 1. The Morgan fingerprint density at radius 3 is 2.59 bits per heavy atom. The number of hydrogen-bond donors (Lipinski definition) is 2. The monoisotopic (exact) mass is 486 g/mol. The van der Waals surface area contributed by atoms with Gasteiger partial charge in [-0.2, -0.15) is 0 Å². The predicted octanol–water partition coefficient (Wildman–Crippen LogP) is 2.24. The van der Waals surface area contributed by atoms with Gasteiger partial charge in [-0.05, 0) is 50.1 Å². The Morgan fingerprint density at radius 2 is 1.88 bits per heavy atom. The van der Waals surface area contributed by atoms with Gasteiger partial charge in [-0.1, -0.05) is 30.3 Å². The highest BCUT2D eigenvalue weighted by Crippen LogP contribution is 2.28. The minimum atomic E-state index is -3.74. The van der Waals surface area contributed by atoms with Gasteiger partial charge in [-0.15, -0.1) is 0 Å². The fraction of sp³-hybridized carbons (Fsp3) is 0.480. The van der Waals surface area contributed by atoms with Crippen molar-refractivity contribution < 1.29 is 17.9 Å². The molecule has 1 aliphatic carbocycles. The van der Waals surface area contributed by atoms with Crippen LogP contribution in [0, 0.1) is 0 Å². The Labute approximate surface area is 202 Å². The molecule has 0 aromatic heterocycles. The number of nitrogens with one attached hydrogen (secondary N) is 2. The van der Waals surface area contributed by atoms with Gasteiger partial charge in [0.25, 0.3) is 5.91 Å². The predicted molar refractivity (Wildman–Crippen MR) is 132 cm³/mol. The summed E-state index contributed by atoms with van der Waals surface area (Å²) in [4.78, 5) is 17.6. The summed E-state index contributed by atoms with van der Waals surface area (Å²) >= 11 is 0. The van der Waals surface area contributed by atoms with Crippen molar-refractivity contribution in [3.63, 3.8) is 0 Å². The molecule has 4 rings (SSSR count). The van der Waals surface area contributed by atoms with E-state index in [2.05, 4.69) is 51.2 Å². The molecule has 1 aliphatic heterocycles. The van der Waals surface area contributed by atoms with Crippen molar-refractivity contribution in [2.75, 3.05) is 46.9 Å². The van der Waals surface area contributed by atoms with Crippen LogP contribution in [0.25, 0.3) is 0 Å². The molecule has 2 N–H and O–H groups in total. The molecule has 2 aromatic rings. The highest BCUT2D eigenvalue weighted by Gasteiger charge is 2.30. The first-order valence-corrected chi connectivity index (χ1v) is 13.3. The number of methoxy groups -OCH3 is 1. The zero-order valence-corrected chi connectivity index (χ0v) is 20.7. The third-order valence-electron chi connectivity index (χ3n) is 6.40. The van der Waals surface area contributed by atoms with Gasteiger partial charge in [0.2, 0.25) is 10.0 Å². The molecule has 0 spiro atoms. The number of amides is 1. The van der Waals surface area contributed by atoms with E-state index in [1.54, 1.807) is 6.07 Å². The van der Waals surface area contributed by atoms with Gasteiger partial charge in [0.15, 0.2) is 0 Å². The number of piperazine rings is 1. The lowest BCUT2D eigenvalue weighted by Crippen LogP contribution is -2.47. The van der Waals surface area contributed by atoms with Crippen LogP contribution in [0.1, 0.15) is 41.2 Å². The molecule has 2 fully saturated rings. The zero-order valence-electron chi connectivity index (χ0n) is 19.9. The van der Waals surface area contributed by atoms with Crippen LogP contribution in [0.4, 0.5) is 0 Å². The number of ether oxygens (including phenoxy) is 1. The summed E-state index contributed by atoms with van der Waals surface area (Å²) in [5, 5.41) is 2.94. The fourth-order valence-corrected chi connectivity index (χ4v) is 5.81. The highest BCUT2D eigenvalue weighted by molar-refractivity contribution is 7.89. The largest absolute Gasteiger partial charge is 0.495 e. The summed E-state index contributed by atoms with van der Waals surface area (Å²) in [5.41, 5.74) is 1.61. The van der Waals surface area contributed by atoms with Crippen LogP contribution in [0.2, 0.25) is 0 Å². The van der Waals surface area contributed by atoms with Crippen LogP contribution in [-0.4, -0.2) is 77.0 Å². The van der Waals surface area contributed by atoms with Crippen LogP contribution < -0.4 is 14.8 Å². The number of rotatable bonds is 10. The molecule has 1 amide bonds. The van der Waals surface area contributed by atoms with Gasteiger partial charge in [0.05, 0.1) is 7.11 Å². The second kappa shape index (κ2) is 10.9. The van der Waals surface area contributed by atoms with E-state index < -0.39 is 10.0 Å². The van der Waals surface area contributed by atoms with Gasteiger partial charge in [0.1, 0.15) is 10.6 Å². The second-order valence-corrected chi connectivity index (χ2v) is 10.8. The van der Waals surface area contributed by atoms with E-state index in [0.29, 0.717) is 18.2 Å². The topological polar surface area (TPSA) is 91.0 Å². The van der Waals surface area contributed by atoms with Crippen LogP contribution in [-0.2, 0) is 10.0 Å². The molecular weight excluding hydrogens is 452 g/mol. The number of nitrogens with zero attached hydrogens (tertiary/aromatic N) is 2. The van der Waals surface area contributed by atoms with E-state index in [1.807, 2.05) is 6.07 Å². The first kappa shape index (κ1) is 24.7. The maximum atomic E-state index is 12.8. The van der Waals surface area contributed by atoms with E-state index in [-0.39, 0.29) is 22.6 Å². The molecule has 1 atom stereocenters. The third-order valence-corrected chi connectivity index (χ3v) is 7.94. The minimum absolute atomic E-state index is 0.00214. The van der Waals surface area contributed by atoms with E-state index in [9.17, 15) is 13.2 Å². The first-order chi connectivity index (χ1) is 16.4. The number of sulfonamides is 1. The average Bonchev–Trinajstić information content (AvgIpc) is 3.65. The maximum Gasteiger partial charge on any atom is 0.251 e. The lowest BCUT2D eigenvalue weighted by Gasteiger charge is -2.40. The first-order valence-electron chi connectivity index (χ1n) is 11.8. The van der Waals surface area contributed by atoms with Gasteiger partial charge < -0.3 is 15.0 Å². The molecule has 0 unspecified atom stereocenters. The summed E-state index contributed by atoms with van der Waals surface area (Å²) in [6.07, 6.45) is 2.48. The van der Waals surface area contributed by atoms with Gasteiger partial charge in [-0.25, -0.2) is 13.1 Å². The Bertz CT molecular complexity index is 1090. The van der Waals surface area contributed by atoms with Crippen molar-refractivity contribution in [1.82, 2.24) is 19.8 Å². The summed E-state index contributed by atoms with van der Waals surface area (Å²) in [5.74, 6) is -0.0600. The van der Waals surface area contributed by atoms with Crippen molar-refractivity contribution in [3.05, 3.63) is 59.7 Å². The molecule has 0 radical (unpaired) electrons. The number of benzene rings is 2.